The lowest BCUT2D eigenvalue weighted by Crippen LogP contribution is -2.15. The molecule has 250 valence electrons. The summed E-state index contributed by atoms with van der Waals surface area (Å²) in [5.74, 6) is -2.30. The standard InChI is InChI=1S/C24H38O4.C14H10O4.Mg/c1-3-5-7-9-11-15-19-27-23(25)21-17-13-14-18-22(21)24(26)28-20-16-12-10-8-6-4-2;15-13(11-7-3-1-4-8-11)17-18-14(16)12-9-5-2-6-10-12;/h13-14,17-18H,3-12,15-16,19-20H2,1-2H3;1-10H;. The van der Waals surface area contributed by atoms with Crippen molar-refractivity contribution in [3.8, 4) is 0 Å². The van der Waals surface area contributed by atoms with Crippen molar-refractivity contribution < 1.29 is 38.4 Å². The summed E-state index contributed by atoms with van der Waals surface area (Å²) < 4.78 is 10.7. The Morgan fingerprint density at radius 3 is 1.11 bits per heavy atom. The topological polar surface area (TPSA) is 105 Å². The summed E-state index contributed by atoms with van der Waals surface area (Å²) in [6.07, 6.45) is 13.6. The summed E-state index contributed by atoms with van der Waals surface area (Å²) >= 11 is 0. The Labute approximate surface area is 295 Å². The summed E-state index contributed by atoms with van der Waals surface area (Å²) in [6.45, 7) is 5.17. The van der Waals surface area contributed by atoms with E-state index in [0.29, 0.717) is 35.5 Å². The number of unbranched alkanes of at least 4 members (excludes halogenated alkanes) is 10. The van der Waals surface area contributed by atoms with Gasteiger partial charge in [0, 0.05) is 23.1 Å². The quantitative estimate of drug-likeness (QED) is 0.0439. The fraction of sp³-hybridized carbons (Fsp3) is 0.421. The third-order valence-electron chi connectivity index (χ3n) is 7.04. The molecule has 0 unspecified atom stereocenters. The summed E-state index contributed by atoms with van der Waals surface area (Å²) in [6, 6.07) is 23.3. The maximum absolute atomic E-state index is 12.4. The highest BCUT2D eigenvalue weighted by atomic mass is 24.3. The van der Waals surface area contributed by atoms with Crippen LogP contribution in [0.25, 0.3) is 0 Å². The molecular weight excluding hydrogens is 609 g/mol. The molecule has 3 rings (SSSR count). The minimum atomic E-state index is -0.708. The Morgan fingerprint density at radius 2 is 0.745 bits per heavy atom. The van der Waals surface area contributed by atoms with E-state index in [1.54, 1.807) is 84.9 Å². The minimum Gasteiger partial charge on any atom is -0.462 e. The molecule has 8 nitrogen and oxygen atoms in total. The van der Waals surface area contributed by atoms with Gasteiger partial charge in [0.05, 0.1) is 35.5 Å². The monoisotopic (exact) mass is 656 g/mol. The number of benzene rings is 3. The van der Waals surface area contributed by atoms with Gasteiger partial charge in [-0.3, -0.25) is 0 Å². The van der Waals surface area contributed by atoms with E-state index < -0.39 is 23.9 Å². The molecule has 0 saturated carbocycles. The first kappa shape index (κ1) is 41.3. The first-order valence-corrected chi connectivity index (χ1v) is 16.4. The lowest BCUT2D eigenvalue weighted by atomic mass is 10.1. The van der Waals surface area contributed by atoms with E-state index in [2.05, 4.69) is 23.6 Å². The van der Waals surface area contributed by atoms with Crippen LogP contribution in [-0.4, -0.2) is 60.1 Å². The van der Waals surface area contributed by atoms with Crippen molar-refractivity contribution in [3.05, 3.63) is 107 Å². The van der Waals surface area contributed by atoms with Gasteiger partial charge in [-0.25, -0.2) is 29.0 Å². The zero-order chi connectivity index (χ0) is 33.2. The average molecular weight is 657 g/mol. The van der Waals surface area contributed by atoms with Crippen molar-refractivity contribution in [2.24, 2.45) is 0 Å². The van der Waals surface area contributed by atoms with E-state index >= 15 is 0 Å². The normalized spacial score (nSPS) is 10.0. The van der Waals surface area contributed by atoms with E-state index in [1.807, 2.05) is 0 Å². The highest BCUT2D eigenvalue weighted by Gasteiger charge is 2.19. The zero-order valence-corrected chi connectivity index (χ0v) is 29.4. The average Bonchev–Trinajstić information content (AvgIpc) is 3.10. The van der Waals surface area contributed by atoms with Crippen LogP contribution in [0.15, 0.2) is 84.9 Å². The van der Waals surface area contributed by atoms with Gasteiger partial charge in [0.2, 0.25) is 0 Å². The predicted octanol–water partition coefficient (Wildman–Crippen LogP) is 8.96. The molecule has 3 aromatic carbocycles. The van der Waals surface area contributed by atoms with Gasteiger partial charge < -0.3 is 9.47 Å². The number of carbonyl (C=O) groups is 4. The number of carbonyl (C=O) groups excluding carboxylic acids is 4. The van der Waals surface area contributed by atoms with Gasteiger partial charge in [-0.1, -0.05) is 127 Å². The molecule has 0 N–H and O–H groups in total. The first-order valence-electron chi connectivity index (χ1n) is 16.4. The number of esters is 2. The molecule has 0 aromatic heterocycles. The van der Waals surface area contributed by atoms with Crippen LogP contribution in [0.4, 0.5) is 0 Å². The van der Waals surface area contributed by atoms with Gasteiger partial charge in [-0.2, -0.15) is 0 Å². The summed E-state index contributed by atoms with van der Waals surface area (Å²) in [5, 5.41) is 0. The van der Waals surface area contributed by atoms with Gasteiger partial charge in [0.1, 0.15) is 0 Å². The van der Waals surface area contributed by atoms with Crippen molar-refractivity contribution in [1.29, 1.82) is 0 Å². The van der Waals surface area contributed by atoms with Gasteiger partial charge in [-0.05, 0) is 49.2 Å². The third kappa shape index (κ3) is 17.7. The fourth-order valence-electron chi connectivity index (χ4n) is 4.41. The van der Waals surface area contributed by atoms with E-state index in [4.69, 9.17) is 9.47 Å². The molecule has 0 atom stereocenters. The lowest BCUT2D eigenvalue weighted by molar-refractivity contribution is -0.187. The van der Waals surface area contributed by atoms with Crippen molar-refractivity contribution in [1.82, 2.24) is 0 Å². The smallest absolute Gasteiger partial charge is 0.386 e. The van der Waals surface area contributed by atoms with Crippen LogP contribution in [0.2, 0.25) is 0 Å². The highest BCUT2D eigenvalue weighted by molar-refractivity contribution is 6.03. The second kappa shape index (κ2) is 26.4. The molecular formula is C38H48MgO8. The second-order valence-electron chi connectivity index (χ2n) is 10.8. The predicted molar refractivity (Wildman–Crippen MR) is 183 cm³/mol. The first-order chi connectivity index (χ1) is 22.5. The molecule has 0 spiro atoms. The van der Waals surface area contributed by atoms with Crippen molar-refractivity contribution in [2.45, 2.75) is 90.9 Å². The molecule has 0 heterocycles. The van der Waals surface area contributed by atoms with E-state index in [1.165, 1.54) is 51.4 Å². The molecule has 0 saturated heterocycles. The number of ether oxygens (including phenoxy) is 2. The molecule has 3 aromatic rings. The Hall–Kier alpha value is -3.69. The molecule has 0 aliphatic rings. The van der Waals surface area contributed by atoms with E-state index in [9.17, 15) is 19.2 Å². The fourth-order valence-corrected chi connectivity index (χ4v) is 4.41. The van der Waals surface area contributed by atoms with Crippen molar-refractivity contribution in [2.75, 3.05) is 13.2 Å². The summed E-state index contributed by atoms with van der Waals surface area (Å²) in [4.78, 5) is 56.6. The zero-order valence-electron chi connectivity index (χ0n) is 28.0. The van der Waals surface area contributed by atoms with Crippen LogP contribution in [0.3, 0.4) is 0 Å². The molecule has 0 aliphatic carbocycles. The van der Waals surface area contributed by atoms with Crippen LogP contribution in [0.5, 0.6) is 0 Å². The molecule has 2 radical (unpaired) electrons. The van der Waals surface area contributed by atoms with Crippen LogP contribution < -0.4 is 0 Å². The number of hydrogen-bond acceptors (Lipinski definition) is 8. The van der Waals surface area contributed by atoms with Gasteiger partial charge >= 0.3 is 23.9 Å². The lowest BCUT2D eigenvalue weighted by Gasteiger charge is -2.10. The summed E-state index contributed by atoms with van der Waals surface area (Å²) in [7, 11) is 0. The molecule has 0 fully saturated rings. The number of rotatable bonds is 18. The van der Waals surface area contributed by atoms with Crippen LogP contribution >= 0.6 is 0 Å². The van der Waals surface area contributed by atoms with E-state index in [-0.39, 0.29) is 23.1 Å². The Morgan fingerprint density at radius 1 is 0.426 bits per heavy atom. The van der Waals surface area contributed by atoms with E-state index in [0.717, 1.165) is 25.7 Å². The SMILES string of the molecule is CCCCCCCCOC(=O)c1ccccc1C(=O)OCCCCCCCC.O=C(OOC(=O)c1ccccc1)c1ccccc1.[Mg]. The van der Waals surface area contributed by atoms with Crippen LogP contribution in [-0.2, 0) is 19.2 Å². The Balaban J connectivity index is 0.000000500. The minimum absolute atomic E-state index is 0. The second-order valence-corrected chi connectivity index (χ2v) is 10.8. The largest absolute Gasteiger partial charge is 0.462 e. The molecule has 0 bridgehead atoms. The third-order valence-corrected chi connectivity index (χ3v) is 7.04. The maximum atomic E-state index is 12.4. The Bertz CT molecular complexity index is 1200. The van der Waals surface area contributed by atoms with Crippen molar-refractivity contribution >= 4 is 46.9 Å². The Kier molecular flexibility index (Phi) is 23.2. The maximum Gasteiger partial charge on any atom is 0.386 e. The van der Waals surface area contributed by atoms with Crippen molar-refractivity contribution in [3.63, 3.8) is 0 Å². The van der Waals surface area contributed by atoms with Crippen LogP contribution in [0.1, 0.15) is 132 Å². The molecule has 9 heteroatoms. The highest BCUT2D eigenvalue weighted by Crippen LogP contribution is 2.14. The molecule has 47 heavy (non-hydrogen) atoms. The van der Waals surface area contributed by atoms with Gasteiger partial charge in [0.25, 0.3) is 0 Å². The number of hydrogen-bond donors (Lipinski definition) is 0. The molecule has 0 amide bonds. The van der Waals surface area contributed by atoms with Crippen LogP contribution in [0, 0.1) is 0 Å². The molecule has 0 aliphatic heterocycles. The van der Waals surface area contributed by atoms with Gasteiger partial charge in [-0.15, -0.1) is 0 Å². The summed E-state index contributed by atoms with van der Waals surface area (Å²) in [5.41, 5.74) is 1.22. The van der Waals surface area contributed by atoms with Gasteiger partial charge in [0.15, 0.2) is 0 Å².